The van der Waals surface area contributed by atoms with Gasteiger partial charge in [-0.1, -0.05) is 36.4 Å². The van der Waals surface area contributed by atoms with Crippen LogP contribution in [0, 0.1) is 0 Å². The average molecular weight is 185 g/mol. The molecule has 1 radical (unpaired) electrons. The monoisotopic (exact) mass is 185 g/mol. The van der Waals surface area contributed by atoms with E-state index in [1.54, 1.807) is 42.5 Å². The first kappa shape index (κ1) is 8.63. The van der Waals surface area contributed by atoms with Crippen LogP contribution in [0.5, 0.6) is 11.5 Å². The van der Waals surface area contributed by atoms with Crippen molar-refractivity contribution < 1.29 is 10.2 Å². The fraction of sp³-hybridized carbons (Fsp3) is 0. The summed E-state index contributed by atoms with van der Waals surface area (Å²) in [5.74, 6) is 0.0600. The quantitative estimate of drug-likeness (QED) is 0.728. The summed E-state index contributed by atoms with van der Waals surface area (Å²) in [5, 5.41) is 21.0. The normalized spacial score (nSPS) is 10.0. The molecule has 1 N–H and O–H groups in total. The van der Waals surface area contributed by atoms with Crippen LogP contribution in [0.2, 0.25) is 0 Å². The van der Waals surface area contributed by atoms with E-state index in [1.165, 1.54) is 6.07 Å². The van der Waals surface area contributed by atoms with Crippen LogP contribution in [-0.4, -0.2) is 5.11 Å². The number of rotatable bonds is 1. The van der Waals surface area contributed by atoms with Crippen molar-refractivity contribution in [1.29, 1.82) is 0 Å². The van der Waals surface area contributed by atoms with Crippen LogP contribution in [0.3, 0.4) is 0 Å². The van der Waals surface area contributed by atoms with Crippen LogP contribution < -0.4 is 0 Å². The summed E-state index contributed by atoms with van der Waals surface area (Å²) in [6.07, 6.45) is 0. The van der Waals surface area contributed by atoms with Gasteiger partial charge in [0.15, 0.2) is 5.75 Å². The van der Waals surface area contributed by atoms with Gasteiger partial charge in [-0.2, -0.15) is 0 Å². The van der Waals surface area contributed by atoms with Crippen LogP contribution in [0.15, 0.2) is 48.5 Å². The number of aromatic hydroxyl groups is 1. The van der Waals surface area contributed by atoms with Crippen LogP contribution >= 0.6 is 0 Å². The Hall–Kier alpha value is -1.96. The molecule has 0 fully saturated rings. The Bertz CT molecular complexity index is 406. The molecule has 0 saturated carbocycles. The number of phenolic OH excluding ortho intramolecular Hbond substituents is 1. The molecule has 2 nitrogen and oxygen atoms in total. The molecule has 2 rings (SSSR count). The summed E-state index contributed by atoms with van der Waals surface area (Å²) >= 11 is 0. The van der Waals surface area contributed by atoms with E-state index < -0.39 is 0 Å². The van der Waals surface area contributed by atoms with E-state index in [0.29, 0.717) is 11.1 Å². The van der Waals surface area contributed by atoms with E-state index in [1.807, 2.05) is 0 Å². The molecule has 14 heavy (non-hydrogen) atoms. The first-order chi connectivity index (χ1) is 6.79. The topological polar surface area (TPSA) is 40.1 Å². The third-order valence-corrected chi connectivity index (χ3v) is 2.08. The molecule has 0 unspecified atom stereocenters. The molecule has 0 aliphatic carbocycles. The molecule has 2 aromatic rings. The molecular formula is C12H9O2. The summed E-state index contributed by atoms with van der Waals surface area (Å²) in [4.78, 5) is 0. The van der Waals surface area contributed by atoms with Crippen molar-refractivity contribution >= 4 is 0 Å². The Morgan fingerprint density at radius 2 is 1.36 bits per heavy atom. The fourth-order valence-corrected chi connectivity index (χ4v) is 1.39. The molecule has 0 amide bonds. The zero-order chi connectivity index (χ0) is 9.97. The average Bonchev–Trinajstić information content (AvgIpc) is 2.20. The van der Waals surface area contributed by atoms with Crippen LogP contribution in [-0.2, 0) is 5.11 Å². The SMILES string of the molecule is [O]c1ccccc1-c1ccccc1O. The number of hydrogen-bond acceptors (Lipinski definition) is 1. The van der Waals surface area contributed by atoms with Gasteiger partial charge >= 0.3 is 0 Å². The second-order valence-electron chi connectivity index (χ2n) is 3.01. The number of hydrogen-bond donors (Lipinski definition) is 1. The molecule has 0 aromatic heterocycles. The van der Waals surface area contributed by atoms with Crippen molar-refractivity contribution in [2.24, 2.45) is 0 Å². The lowest BCUT2D eigenvalue weighted by molar-refractivity contribution is 0.356. The van der Waals surface area contributed by atoms with Crippen LogP contribution in [0.1, 0.15) is 0 Å². The number of benzene rings is 2. The minimum atomic E-state index is -0.0750. The Kier molecular flexibility index (Phi) is 2.11. The van der Waals surface area contributed by atoms with Gasteiger partial charge in [0.1, 0.15) is 5.75 Å². The highest BCUT2D eigenvalue weighted by Gasteiger charge is 2.07. The third-order valence-electron chi connectivity index (χ3n) is 2.08. The highest BCUT2D eigenvalue weighted by Crippen LogP contribution is 2.34. The van der Waals surface area contributed by atoms with Crippen molar-refractivity contribution in [3.8, 4) is 22.6 Å². The lowest BCUT2D eigenvalue weighted by atomic mass is 10.0. The van der Waals surface area contributed by atoms with Crippen LogP contribution in [0.25, 0.3) is 11.1 Å². The van der Waals surface area contributed by atoms with Gasteiger partial charge < -0.3 is 5.11 Å². The van der Waals surface area contributed by atoms with E-state index in [-0.39, 0.29) is 11.5 Å². The molecule has 69 valence electrons. The summed E-state index contributed by atoms with van der Waals surface area (Å²) < 4.78 is 0. The smallest absolute Gasteiger partial charge is 0.186 e. The molecule has 2 heteroatoms. The van der Waals surface area contributed by atoms with Gasteiger partial charge in [-0.15, -0.1) is 0 Å². The minimum absolute atomic E-state index is 0.0750. The first-order valence-corrected chi connectivity index (χ1v) is 4.33. The molecular weight excluding hydrogens is 176 g/mol. The van der Waals surface area contributed by atoms with Gasteiger partial charge in [-0.05, 0) is 12.1 Å². The van der Waals surface area contributed by atoms with E-state index in [9.17, 15) is 10.2 Å². The summed E-state index contributed by atoms with van der Waals surface area (Å²) in [5.41, 5.74) is 1.11. The zero-order valence-electron chi connectivity index (χ0n) is 7.47. The van der Waals surface area contributed by atoms with Crippen molar-refractivity contribution in [1.82, 2.24) is 0 Å². The molecule has 0 aliphatic heterocycles. The zero-order valence-corrected chi connectivity index (χ0v) is 7.47. The molecule has 2 aromatic carbocycles. The van der Waals surface area contributed by atoms with Crippen molar-refractivity contribution in [3.63, 3.8) is 0 Å². The second-order valence-corrected chi connectivity index (χ2v) is 3.01. The Balaban J connectivity index is 2.61. The maximum atomic E-state index is 11.5. The van der Waals surface area contributed by atoms with Gasteiger partial charge in [-0.25, -0.2) is 0 Å². The number of phenols is 1. The van der Waals surface area contributed by atoms with E-state index in [2.05, 4.69) is 0 Å². The summed E-state index contributed by atoms with van der Waals surface area (Å²) in [6, 6.07) is 13.5. The van der Waals surface area contributed by atoms with E-state index in [4.69, 9.17) is 0 Å². The highest BCUT2D eigenvalue weighted by atomic mass is 16.3. The highest BCUT2D eigenvalue weighted by molar-refractivity contribution is 5.74. The predicted octanol–water partition coefficient (Wildman–Crippen LogP) is 3.20. The molecule has 0 atom stereocenters. The lowest BCUT2D eigenvalue weighted by Crippen LogP contribution is -1.78. The molecule has 0 bridgehead atoms. The molecule has 0 heterocycles. The van der Waals surface area contributed by atoms with Crippen molar-refractivity contribution in [2.75, 3.05) is 0 Å². The van der Waals surface area contributed by atoms with Gasteiger partial charge in [0, 0.05) is 11.1 Å². The van der Waals surface area contributed by atoms with Crippen molar-refractivity contribution in [2.45, 2.75) is 0 Å². The Morgan fingerprint density at radius 3 is 2.00 bits per heavy atom. The molecule has 0 saturated heterocycles. The summed E-state index contributed by atoms with van der Waals surface area (Å²) in [7, 11) is 0. The van der Waals surface area contributed by atoms with Gasteiger partial charge in [0.25, 0.3) is 0 Å². The minimum Gasteiger partial charge on any atom is -0.507 e. The Labute approximate surface area is 82.1 Å². The van der Waals surface area contributed by atoms with E-state index >= 15 is 0 Å². The maximum Gasteiger partial charge on any atom is 0.186 e. The van der Waals surface area contributed by atoms with Crippen LogP contribution in [0.4, 0.5) is 0 Å². The fourth-order valence-electron chi connectivity index (χ4n) is 1.39. The van der Waals surface area contributed by atoms with E-state index in [0.717, 1.165) is 0 Å². The van der Waals surface area contributed by atoms with Gasteiger partial charge in [0.05, 0.1) is 0 Å². The second kappa shape index (κ2) is 3.42. The first-order valence-electron chi connectivity index (χ1n) is 4.33. The van der Waals surface area contributed by atoms with Crippen molar-refractivity contribution in [3.05, 3.63) is 48.5 Å². The maximum absolute atomic E-state index is 11.5. The number of para-hydroxylation sites is 2. The summed E-state index contributed by atoms with van der Waals surface area (Å²) in [6.45, 7) is 0. The molecule has 0 spiro atoms. The third kappa shape index (κ3) is 1.42. The Morgan fingerprint density at radius 1 is 0.786 bits per heavy atom. The van der Waals surface area contributed by atoms with Gasteiger partial charge in [0.2, 0.25) is 0 Å². The van der Waals surface area contributed by atoms with Gasteiger partial charge in [-0.3, -0.25) is 5.11 Å². The predicted molar refractivity (Wildman–Crippen MR) is 53.7 cm³/mol. The largest absolute Gasteiger partial charge is 0.507 e. The lowest BCUT2D eigenvalue weighted by Gasteiger charge is -2.04. The standard InChI is InChI=1S/C12H9O2/c13-11-7-3-1-5-9(11)10-6-2-4-8-12(10)14/h1-8,13H. The molecule has 0 aliphatic rings.